The summed E-state index contributed by atoms with van der Waals surface area (Å²) in [5.41, 5.74) is 0.873. The second-order valence-electron chi connectivity index (χ2n) is 7.24. The topological polar surface area (TPSA) is 35.6 Å². The number of hydrogen-bond acceptors (Lipinski definition) is 3. The molecule has 1 saturated carbocycles. The Hall–Kier alpha value is -0.620. The molecule has 0 atom stereocenters. The van der Waals surface area contributed by atoms with Gasteiger partial charge in [-0.2, -0.15) is 0 Å². The average Bonchev–Trinajstić information content (AvgIpc) is 2.61. The normalized spacial score (nSPS) is 21.4. The molecule has 0 radical (unpaired) electrons. The second-order valence-corrected chi connectivity index (χ2v) is 8.09. The quantitative estimate of drug-likeness (QED) is 0.793. The lowest BCUT2D eigenvalue weighted by Crippen LogP contribution is -2.61. The van der Waals surface area contributed by atoms with Gasteiger partial charge >= 0.3 is 0 Å². The maximum atomic E-state index is 12.6. The molecule has 1 aromatic carbocycles. The van der Waals surface area contributed by atoms with E-state index in [9.17, 15) is 4.79 Å². The number of benzene rings is 1. The van der Waals surface area contributed by atoms with E-state index in [2.05, 4.69) is 38.1 Å². The van der Waals surface area contributed by atoms with Crippen molar-refractivity contribution in [2.24, 2.45) is 0 Å². The largest absolute Gasteiger partial charge is 0.350 e. The van der Waals surface area contributed by atoms with Crippen molar-refractivity contribution < 1.29 is 4.79 Å². The SMILES string of the molecule is CN1CCN(C2(CNC(=O)c3ccccc3Br)CCCCC2)CC1.Cl. The van der Waals surface area contributed by atoms with Crippen LogP contribution in [0.4, 0.5) is 0 Å². The van der Waals surface area contributed by atoms with Crippen LogP contribution >= 0.6 is 28.3 Å². The van der Waals surface area contributed by atoms with Crippen molar-refractivity contribution in [2.45, 2.75) is 37.6 Å². The summed E-state index contributed by atoms with van der Waals surface area (Å²) < 4.78 is 0.861. The summed E-state index contributed by atoms with van der Waals surface area (Å²) in [4.78, 5) is 17.7. The summed E-state index contributed by atoms with van der Waals surface area (Å²) in [6, 6.07) is 7.65. The predicted octanol–water partition coefficient (Wildman–Crippen LogP) is 3.55. The van der Waals surface area contributed by atoms with Gasteiger partial charge < -0.3 is 10.2 Å². The van der Waals surface area contributed by atoms with Crippen LogP contribution in [0.2, 0.25) is 0 Å². The maximum absolute atomic E-state index is 12.6. The molecule has 3 rings (SSSR count). The molecule has 1 aromatic rings. The summed E-state index contributed by atoms with van der Waals surface area (Å²) in [5, 5.41) is 3.23. The van der Waals surface area contributed by atoms with Crippen LogP contribution in [0.5, 0.6) is 0 Å². The van der Waals surface area contributed by atoms with E-state index >= 15 is 0 Å². The molecule has 1 saturated heterocycles. The first-order valence-corrected chi connectivity index (χ1v) is 9.86. The van der Waals surface area contributed by atoms with E-state index in [0.717, 1.165) is 42.8 Å². The van der Waals surface area contributed by atoms with E-state index in [0.29, 0.717) is 0 Å². The first kappa shape index (κ1) is 20.7. The molecule has 140 valence electrons. The number of carbonyl (C=O) groups excluding carboxylic acids is 1. The number of nitrogens with one attached hydrogen (secondary N) is 1. The highest BCUT2D eigenvalue weighted by Crippen LogP contribution is 2.34. The highest BCUT2D eigenvalue weighted by atomic mass is 79.9. The van der Waals surface area contributed by atoms with E-state index in [1.807, 2.05) is 24.3 Å². The molecule has 1 heterocycles. The van der Waals surface area contributed by atoms with Gasteiger partial charge in [-0.15, -0.1) is 12.4 Å². The van der Waals surface area contributed by atoms with Crippen LogP contribution in [0.3, 0.4) is 0 Å². The van der Waals surface area contributed by atoms with Crippen molar-refractivity contribution in [3.05, 3.63) is 34.3 Å². The minimum Gasteiger partial charge on any atom is -0.350 e. The minimum atomic E-state index is 0. The molecule has 1 N–H and O–H groups in total. The third-order valence-corrected chi connectivity index (χ3v) is 6.35. The summed E-state index contributed by atoms with van der Waals surface area (Å²) in [7, 11) is 2.19. The zero-order valence-electron chi connectivity index (χ0n) is 15.0. The molecule has 0 bridgehead atoms. The van der Waals surface area contributed by atoms with Gasteiger partial charge in [0.05, 0.1) is 5.56 Å². The molecule has 2 aliphatic rings. The molecule has 1 aliphatic heterocycles. The number of amides is 1. The zero-order chi connectivity index (χ0) is 17.0. The van der Waals surface area contributed by atoms with Crippen LogP contribution in [0.25, 0.3) is 0 Å². The van der Waals surface area contributed by atoms with Crippen molar-refractivity contribution in [3.8, 4) is 0 Å². The molecule has 2 fully saturated rings. The van der Waals surface area contributed by atoms with Gasteiger partial charge in [0.1, 0.15) is 0 Å². The lowest BCUT2D eigenvalue weighted by atomic mass is 9.79. The van der Waals surface area contributed by atoms with Gasteiger partial charge in [-0.3, -0.25) is 9.69 Å². The Balaban J connectivity index is 0.00000225. The third kappa shape index (κ3) is 4.97. The Labute approximate surface area is 165 Å². The monoisotopic (exact) mass is 429 g/mol. The molecule has 6 heteroatoms. The van der Waals surface area contributed by atoms with Crippen molar-refractivity contribution in [1.29, 1.82) is 0 Å². The van der Waals surface area contributed by atoms with Gasteiger partial charge in [-0.1, -0.05) is 31.4 Å². The van der Waals surface area contributed by atoms with Crippen molar-refractivity contribution >= 4 is 34.2 Å². The zero-order valence-corrected chi connectivity index (χ0v) is 17.4. The van der Waals surface area contributed by atoms with E-state index < -0.39 is 0 Å². The van der Waals surface area contributed by atoms with Crippen LogP contribution in [0.15, 0.2) is 28.7 Å². The summed E-state index contributed by atoms with van der Waals surface area (Å²) in [6.07, 6.45) is 6.28. The van der Waals surface area contributed by atoms with Crippen LogP contribution in [-0.4, -0.2) is 61.0 Å². The Morgan fingerprint density at radius 3 is 2.40 bits per heavy atom. The molecular weight excluding hydrogens is 402 g/mol. The number of halogens is 2. The number of hydrogen-bond donors (Lipinski definition) is 1. The van der Waals surface area contributed by atoms with E-state index in [4.69, 9.17) is 0 Å². The molecule has 4 nitrogen and oxygen atoms in total. The highest BCUT2D eigenvalue weighted by Gasteiger charge is 2.39. The van der Waals surface area contributed by atoms with Crippen molar-refractivity contribution in [2.75, 3.05) is 39.8 Å². The number of carbonyl (C=O) groups is 1. The first-order valence-electron chi connectivity index (χ1n) is 9.07. The Morgan fingerprint density at radius 2 is 1.76 bits per heavy atom. The Morgan fingerprint density at radius 1 is 1.12 bits per heavy atom. The van der Waals surface area contributed by atoms with Gasteiger partial charge in [-0.05, 0) is 48.0 Å². The minimum absolute atomic E-state index is 0. The van der Waals surface area contributed by atoms with Crippen molar-refractivity contribution in [1.82, 2.24) is 15.1 Å². The maximum Gasteiger partial charge on any atom is 0.252 e. The summed E-state index contributed by atoms with van der Waals surface area (Å²) >= 11 is 3.48. The van der Waals surface area contributed by atoms with Gasteiger partial charge in [0.2, 0.25) is 0 Å². The highest BCUT2D eigenvalue weighted by molar-refractivity contribution is 9.10. The molecular formula is C19H29BrClN3O. The molecule has 1 amide bonds. The van der Waals surface area contributed by atoms with Crippen LogP contribution in [-0.2, 0) is 0 Å². The third-order valence-electron chi connectivity index (χ3n) is 5.65. The van der Waals surface area contributed by atoms with Gasteiger partial charge in [-0.25, -0.2) is 0 Å². The second kappa shape index (κ2) is 9.36. The molecule has 0 spiro atoms. The number of likely N-dealkylation sites (N-methyl/N-ethyl adjacent to an activating group) is 1. The first-order chi connectivity index (χ1) is 11.6. The molecule has 25 heavy (non-hydrogen) atoms. The molecule has 1 aliphatic carbocycles. The van der Waals surface area contributed by atoms with Crippen LogP contribution in [0.1, 0.15) is 42.5 Å². The van der Waals surface area contributed by atoms with Gasteiger partial charge in [0.15, 0.2) is 0 Å². The fraction of sp³-hybridized carbons (Fsp3) is 0.632. The fourth-order valence-electron chi connectivity index (χ4n) is 4.08. The van der Waals surface area contributed by atoms with Crippen molar-refractivity contribution in [3.63, 3.8) is 0 Å². The smallest absolute Gasteiger partial charge is 0.252 e. The lowest BCUT2D eigenvalue weighted by molar-refractivity contribution is 0.0138. The predicted molar refractivity (Wildman–Crippen MR) is 109 cm³/mol. The lowest BCUT2D eigenvalue weighted by Gasteiger charge is -2.49. The van der Waals surface area contributed by atoms with E-state index in [1.54, 1.807) is 0 Å². The van der Waals surface area contributed by atoms with Crippen LogP contribution in [0, 0.1) is 0 Å². The Bertz CT molecular complexity index is 570. The average molecular weight is 431 g/mol. The summed E-state index contributed by atoms with van der Waals surface area (Å²) in [5.74, 6) is 0.0292. The number of nitrogens with zero attached hydrogens (tertiary/aromatic N) is 2. The van der Waals surface area contributed by atoms with Gasteiger partial charge in [0, 0.05) is 42.7 Å². The molecule has 0 unspecified atom stereocenters. The number of rotatable bonds is 4. The number of piperazine rings is 1. The van der Waals surface area contributed by atoms with Gasteiger partial charge in [0.25, 0.3) is 5.91 Å². The van der Waals surface area contributed by atoms with E-state index in [-0.39, 0.29) is 23.9 Å². The summed E-state index contributed by atoms with van der Waals surface area (Å²) in [6.45, 7) is 5.24. The standard InChI is InChI=1S/C19H28BrN3O.ClH/c1-22-11-13-23(14-12-22)19(9-5-2-6-10-19)15-21-18(24)16-7-3-4-8-17(16)20;/h3-4,7-8H,2,5-6,9-15H2,1H3,(H,21,24);1H. The molecule has 0 aromatic heterocycles. The fourth-order valence-corrected chi connectivity index (χ4v) is 4.55. The van der Waals surface area contributed by atoms with E-state index in [1.165, 1.54) is 32.1 Å². The Kier molecular flexibility index (Phi) is 7.74. The van der Waals surface area contributed by atoms with Crippen LogP contribution < -0.4 is 5.32 Å².